The zero-order valence-corrected chi connectivity index (χ0v) is 10.6. The molecule has 94 valence electrons. The summed E-state index contributed by atoms with van der Waals surface area (Å²) in [6.45, 7) is 1.54. The molecule has 0 radical (unpaired) electrons. The first-order valence-corrected chi connectivity index (χ1v) is 6.35. The average molecular weight is 243 g/mol. The molecular weight excluding hydrogens is 226 g/mol. The van der Waals surface area contributed by atoms with Crippen LogP contribution in [0, 0.1) is 5.92 Å². The van der Waals surface area contributed by atoms with Crippen molar-refractivity contribution in [2.45, 2.75) is 32.6 Å². The molecule has 0 bridgehead atoms. The first kappa shape index (κ1) is 12.7. The van der Waals surface area contributed by atoms with Crippen LogP contribution in [0.15, 0.2) is 29.3 Å². The molecule has 3 heteroatoms. The van der Waals surface area contributed by atoms with Gasteiger partial charge in [0.05, 0.1) is 11.6 Å². The summed E-state index contributed by atoms with van der Waals surface area (Å²) in [5.41, 5.74) is 1.47. The largest absolute Gasteiger partial charge is 0.299 e. The van der Waals surface area contributed by atoms with Crippen molar-refractivity contribution in [3.63, 3.8) is 0 Å². The first-order valence-electron chi connectivity index (χ1n) is 6.35. The number of Topliss-reactive ketones (excluding diaryl/α,β-unsaturated/α-hetero) is 2. The van der Waals surface area contributed by atoms with E-state index in [0.717, 1.165) is 24.9 Å². The SMILES string of the molecule is CC(=O)c1ccc(N=CC2CCCCC2=O)cc1. The molecule has 0 spiro atoms. The van der Waals surface area contributed by atoms with E-state index in [4.69, 9.17) is 0 Å². The van der Waals surface area contributed by atoms with Gasteiger partial charge in [-0.3, -0.25) is 14.6 Å². The summed E-state index contributed by atoms with van der Waals surface area (Å²) in [7, 11) is 0. The highest BCUT2D eigenvalue weighted by Gasteiger charge is 2.19. The molecule has 1 aromatic carbocycles. The summed E-state index contributed by atoms with van der Waals surface area (Å²) in [4.78, 5) is 27.1. The molecule has 0 saturated heterocycles. The fraction of sp³-hybridized carbons (Fsp3) is 0.400. The fourth-order valence-electron chi connectivity index (χ4n) is 2.13. The van der Waals surface area contributed by atoms with Crippen LogP contribution in [-0.4, -0.2) is 17.8 Å². The second-order valence-electron chi connectivity index (χ2n) is 4.70. The Bertz CT molecular complexity index is 474. The maximum Gasteiger partial charge on any atom is 0.159 e. The van der Waals surface area contributed by atoms with Crippen LogP contribution in [0.4, 0.5) is 5.69 Å². The van der Waals surface area contributed by atoms with E-state index in [2.05, 4.69) is 4.99 Å². The molecule has 1 aliphatic rings. The zero-order chi connectivity index (χ0) is 13.0. The number of rotatable bonds is 3. The van der Waals surface area contributed by atoms with Gasteiger partial charge in [0.2, 0.25) is 0 Å². The normalized spacial score (nSPS) is 20.3. The maximum atomic E-state index is 11.6. The summed E-state index contributed by atoms with van der Waals surface area (Å²) in [5, 5.41) is 0. The van der Waals surface area contributed by atoms with Gasteiger partial charge in [0.15, 0.2) is 5.78 Å². The number of carbonyl (C=O) groups is 2. The number of benzene rings is 1. The Hall–Kier alpha value is -1.77. The molecule has 3 nitrogen and oxygen atoms in total. The number of nitrogens with zero attached hydrogens (tertiary/aromatic N) is 1. The third kappa shape index (κ3) is 3.13. The summed E-state index contributed by atoms with van der Waals surface area (Å²) >= 11 is 0. The quantitative estimate of drug-likeness (QED) is 0.603. The Balaban J connectivity index is 2.04. The minimum absolute atomic E-state index is 0.0220. The Morgan fingerprint density at radius 3 is 2.61 bits per heavy atom. The van der Waals surface area contributed by atoms with E-state index < -0.39 is 0 Å². The Labute approximate surface area is 107 Å². The van der Waals surface area contributed by atoms with Crippen molar-refractivity contribution in [3.05, 3.63) is 29.8 Å². The second-order valence-corrected chi connectivity index (χ2v) is 4.70. The van der Waals surface area contributed by atoms with Gasteiger partial charge in [-0.25, -0.2) is 0 Å². The van der Waals surface area contributed by atoms with E-state index in [1.165, 1.54) is 0 Å². The van der Waals surface area contributed by atoms with Gasteiger partial charge >= 0.3 is 0 Å². The van der Waals surface area contributed by atoms with Gasteiger partial charge in [-0.2, -0.15) is 0 Å². The Morgan fingerprint density at radius 2 is 2.00 bits per heavy atom. The van der Waals surface area contributed by atoms with E-state index in [9.17, 15) is 9.59 Å². The van der Waals surface area contributed by atoms with Crippen molar-refractivity contribution in [1.82, 2.24) is 0 Å². The number of aliphatic imine (C=N–C) groups is 1. The standard InChI is InChI=1S/C15H17NO2/c1-11(17)12-6-8-14(9-7-12)16-10-13-4-2-3-5-15(13)18/h6-10,13H,2-5H2,1H3. The first-order chi connectivity index (χ1) is 8.66. The lowest BCUT2D eigenvalue weighted by molar-refractivity contribution is -0.122. The summed E-state index contributed by atoms with van der Waals surface area (Å²) in [6.07, 6.45) is 5.46. The predicted molar refractivity (Wildman–Crippen MR) is 71.6 cm³/mol. The summed E-state index contributed by atoms with van der Waals surface area (Å²) in [5.74, 6) is 0.324. The highest BCUT2D eigenvalue weighted by molar-refractivity contribution is 5.96. The van der Waals surface area contributed by atoms with E-state index in [0.29, 0.717) is 17.8 Å². The zero-order valence-electron chi connectivity index (χ0n) is 10.6. The van der Waals surface area contributed by atoms with Gasteiger partial charge in [-0.05, 0) is 44.0 Å². The van der Waals surface area contributed by atoms with E-state index in [1.54, 1.807) is 37.4 Å². The lowest BCUT2D eigenvalue weighted by atomic mass is 9.89. The van der Waals surface area contributed by atoms with Gasteiger partial charge in [-0.15, -0.1) is 0 Å². The Kier molecular flexibility index (Phi) is 4.03. The van der Waals surface area contributed by atoms with E-state index >= 15 is 0 Å². The molecule has 0 N–H and O–H groups in total. The van der Waals surface area contributed by atoms with Crippen molar-refractivity contribution in [2.24, 2.45) is 10.9 Å². The van der Waals surface area contributed by atoms with Crippen LogP contribution in [-0.2, 0) is 4.79 Å². The number of carbonyl (C=O) groups excluding carboxylic acids is 2. The third-order valence-corrected chi connectivity index (χ3v) is 3.28. The molecule has 0 aliphatic heterocycles. The summed E-state index contributed by atoms with van der Waals surface area (Å²) in [6, 6.07) is 7.14. The van der Waals surface area contributed by atoms with Gasteiger partial charge in [0.25, 0.3) is 0 Å². The van der Waals surface area contributed by atoms with Crippen LogP contribution in [0.2, 0.25) is 0 Å². The van der Waals surface area contributed by atoms with Crippen molar-refractivity contribution in [3.8, 4) is 0 Å². The fourth-order valence-corrected chi connectivity index (χ4v) is 2.13. The smallest absolute Gasteiger partial charge is 0.159 e. The van der Waals surface area contributed by atoms with Crippen LogP contribution >= 0.6 is 0 Å². The van der Waals surface area contributed by atoms with Gasteiger partial charge in [-0.1, -0.05) is 6.42 Å². The third-order valence-electron chi connectivity index (χ3n) is 3.28. The molecular formula is C15H17NO2. The molecule has 2 rings (SSSR count). The van der Waals surface area contributed by atoms with Gasteiger partial charge in [0, 0.05) is 18.2 Å². The minimum atomic E-state index is -0.0220. The number of ketones is 2. The van der Waals surface area contributed by atoms with Crippen molar-refractivity contribution < 1.29 is 9.59 Å². The predicted octanol–water partition coefficient (Wildman–Crippen LogP) is 3.35. The molecule has 0 amide bonds. The van der Waals surface area contributed by atoms with E-state index in [-0.39, 0.29) is 11.7 Å². The van der Waals surface area contributed by atoms with Crippen LogP contribution in [0.5, 0.6) is 0 Å². The minimum Gasteiger partial charge on any atom is -0.299 e. The lowest BCUT2D eigenvalue weighted by Crippen LogP contribution is -2.19. The van der Waals surface area contributed by atoms with Crippen LogP contribution in [0.25, 0.3) is 0 Å². The summed E-state index contributed by atoms with van der Waals surface area (Å²) < 4.78 is 0. The van der Waals surface area contributed by atoms with Gasteiger partial charge < -0.3 is 0 Å². The van der Waals surface area contributed by atoms with Gasteiger partial charge in [0.1, 0.15) is 5.78 Å². The van der Waals surface area contributed by atoms with Crippen molar-refractivity contribution in [1.29, 1.82) is 0 Å². The Morgan fingerprint density at radius 1 is 1.28 bits per heavy atom. The molecule has 1 atom stereocenters. The van der Waals surface area contributed by atoms with E-state index in [1.807, 2.05) is 0 Å². The molecule has 1 unspecified atom stereocenters. The molecule has 18 heavy (non-hydrogen) atoms. The topological polar surface area (TPSA) is 46.5 Å². The molecule has 0 heterocycles. The van der Waals surface area contributed by atoms with Crippen molar-refractivity contribution in [2.75, 3.05) is 0 Å². The van der Waals surface area contributed by atoms with Crippen molar-refractivity contribution >= 4 is 23.5 Å². The van der Waals surface area contributed by atoms with Crippen LogP contribution in [0.3, 0.4) is 0 Å². The van der Waals surface area contributed by atoms with Crippen LogP contribution < -0.4 is 0 Å². The number of hydrogen-bond donors (Lipinski definition) is 0. The monoisotopic (exact) mass is 243 g/mol. The molecule has 0 aromatic heterocycles. The second kappa shape index (κ2) is 5.71. The highest BCUT2D eigenvalue weighted by Crippen LogP contribution is 2.20. The molecule has 1 aliphatic carbocycles. The highest BCUT2D eigenvalue weighted by atomic mass is 16.1. The molecule has 1 fully saturated rings. The average Bonchev–Trinajstić information content (AvgIpc) is 2.38. The number of hydrogen-bond acceptors (Lipinski definition) is 3. The van der Waals surface area contributed by atoms with Crippen LogP contribution in [0.1, 0.15) is 43.0 Å². The maximum absolute atomic E-state index is 11.6. The molecule has 1 saturated carbocycles. The lowest BCUT2D eigenvalue weighted by Gasteiger charge is -2.15. The molecule has 1 aromatic rings.